The van der Waals surface area contributed by atoms with Crippen molar-refractivity contribution in [2.24, 2.45) is 5.41 Å². The van der Waals surface area contributed by atoms with Gasteiger partial charge in [0.1, 0.15) is 5.41 Å². The molecule has 1 spiro atoms. The van der Waals surface area contributed by atoms with Crippen molar-refractivity contribution in [1.82, 2.24) is 15.2 Å². The second-order valence-corrected chi connectivity index (χ2v) is 5.97. The molecule has 0 atom stereocenters. The van der Waals surface area contributed by atoms with Crippen molar-refractivity contribution < 1.29 is 14.4 Å². The molecule has 1 aliphatic heterocycles. The second-order valence-electron chi connectivity index (χ2n) is 4.91. The lowest BCUT2D eigenvalue weighted by atomic mass is 10.0. The number of aryl methyl sites for hydroxylation is 1. The van der Waals surface area contributed by atoms with E-state index in [0.29, 0.717) is 19.3 Å². The highest BCUT2D eigenvalue weighted by Gasteiger charge is 2.62. The number of hydrogen-bond donors (Lipinski definition) is 1. The van der Waals surface area contributed by atoms with Crippen molar-refractivity contribution in [2.45, 2.75) is 26.2 Å². The number of hydrogen-bond acceptors (Lipinski definition) is 5. The van der Waals surface area contributed by atoms with Crippen LogP contribution >= 0.6 is 11.3 Å². The van der Waals surface area contributed by atoms with Gasteiger partial charge in [0.05, 0.1) is 10.7 Å². The molecule has 19 heavy (non-hydrogen) atoms. The largest absolute Gasteiger partial charge is 0.330 e. The summed E-state index contributed by atoms with van der Waals surface area (Å²) in [6, 6.07) is -0.612. The Morgan fingerprint density at radius 3 is 2.74 bits per heavy atom. The fourth-order valence-electron chi connectivity index (χ4n) is 2.25. The summed E-state index contributed by atoms with van der Waals surface area (Å²) in [4.78, 5) is 41.0. The van der Waals surface area contributed by atoms with Gasteiger partial charge >= 0.3 is 6.03 Å². The SMILES string of the molecule is Cc1nc(CCN2C(=O)NC(=O)C3(CC3)C2=O)cs1. The smallest absolute Gasteiger partial charge is 0.277 e. The van der Waals surface area contributed by atoms with Gasteiger partial charge < -0.3 is 0 Å². The Labute approximate surface area is 113 Å². The number of thiazole rings is 1. The van der Waals surface area contributed by atoms with Crippen LogP contribution in [0, 0.1) is 12.3 Å². The number of barbiturate groups is 1. The molecule has 0 bridgehead atoms. The first kappa shape index (κ1) is 12.3. The summed E-state index contributed by atoms with van der Waals surface area (Å²) in [6.07, 6.45) is 1.60. The van der Waals surface area contributed by atoms with E-state index in [1.165, 1.54) is 11.3 Å². The zero-order chi connectivity index (χ0) is 13.6. The summed E-state index contributed by atoms with van der Waals surface area (Å²) in [6.45, 7) is 2.17. The second kappa shape index (κ2) is 4.12. The molecule has 1 saturated carbocycles. The van der Waals surface area contributed by atoms with Crippen LogP contribution in [0.25, 0.3) is 0 Å². The summed E-state index contributed by atoms with van der Waals surface area (Å²) in [5.41, 5.74) is -0.0869. The third-order valence-corrected chi connectivity index (χ3v) is 4.39. The minimum atomic E-state index is -0.952. The van der Waals surface area contributed by atoms with Crippen LogP contribution in [0.4, 0.5) is 4.79 Å². The summed E-state index contributed by atoms with van der Waals surface area (Å²) >= 11 is 1.54. The molecule has 0 radical (unpaired) electrons. The van der Waals surface area contributed by atoms with E-state index in [-0.39, 0.29) is 12.5 Å². The van der Waals surface area contributed by atoms with Crippen LogP contribution in [-0.4, -0.2) is 34.3 Å². The van der Waals surface area contributed by atoms with Crippen LogP contribution < -0.4 is 5.32 Å². The van der Waals surface area contributed by atoms with Crippen molar-refractivity contribution >= 4 is 29.2 Å². The van der Waals surface area contributed by atoms with Crippen molar-refractivity contribution in [3.05, 3.63) is 16.1 Å². The summed E-state index contributed by atoms with van der Waals surface area (Å²) < 4.78 is 0. The molecule has 0 aromatic carbocycles. The first-order valence-electron chi connectivity index (χ1n) is 6.11. The molecule has 2 fully saturated rings. The zero-order valence-corrected chi connectivity index (χ0v) is 11.2. The van der Waals surface area contributed by atoms with Gasteiger partial charge in [-0.3, -0.25) is 19.8 Å². The predicted molar refractivity (Wildman–Crippen MR) is 67.5 cm³/mol. The maximum Gasteiger partial charge on any atom is 0.330 e. The van der Waals surface area contributed by atoms with Crippen LogP contribution in [0.3, 0.4) is 0 Å². The molecule has 2 aliphatic rings. The molecule has 1 aromatic rings. The third-order valence-electron chi connectivity index (χ3n) is 3.56. The highest BCUT2D eigenvalue weighted by atomic mass is 32.1. The number of carbonyl (C=O) groups is 3. The molecule has 0 unspecified atom stereocenters. The monoisotopic (exact) mass is 279 g/mol. The summed E-state index contributed by atoms with van der Waals surface area (Å²) in [5.74, 6) is -0.795. The minimum Gasteiger partial charge on any atom is -0.277 e. The van der Waals surface area contributed by atoms with Crippen LogP contribution in [0.15, 0.2) is 5.38 Å². The minimum absolute atomic E-state index is 0.267. The Morgan fingerprint density at radius 1 is 1.42 bits per heavy atom. The lowest BCUT2D eigenvalue weighted by molar-refractivity contribution is -0.144. The van der Waals surface area contributed by atoms with Crippen LogP contribution in [0.2, 0.25) is 0 Å². The average Bonchev–Trinajstić information content (AvgIpc) is 3.06. The van der Waals surface area contributed by atoms with E-state index in [1.807, 2.05) is 12.3 Å². The van der Waals surface area contributed by atoms with E-state index in [0.717, 1.165) is 15.6 Å². The highest BCUT2D eigenvalue weighted by molar-refractivity contribution is 7.09. The molecule has 4 amide bonds. The number of carbonyl (C=O) groups excluding carboxylic acids is 3. The quantitative estimate of drug-likeness (QED) is 0.832. The Hall–Kier alpha value is -1.76. The van der Waals surface area contributed by atoms with Gasteiger partial charge in [-0.15, -0.1) is 11.3 Å². The Kier molecular flexibility index (Phi) is 2.67. The highest BCUT2D eigenvalue weighted by Crippen LogP contribution is 2.48. The maximum atomic E-state index is 12.2. The Bertz CT molecular complexity index is 577. The van der Waals surface area contributed by atoms with E-state index < -0.39 is 17.4 Å². The molecule has 1 aliphatic carbocycles. The first-order chi connectivity index (χ1) is 9.03. The van der Waals surface area contributed by atoms with Crippen molar-refractivity contribution in [3.8, 4) is 0 Å². The Balaban J connectivity index is 1.71. The van der Waals surface area contributed by atoms with Crippen LogP contribution in [0.5, 0.6) is 0 Å². The lowest BCUT2D eigenvalue weighted by Crippen LogP contribution is -2.59. The number of nitrogens with zero attached hydrogens (tertiary/aromatic N) is 2. The Morgan fingerprint density at radius 2 is 2.16 bits per heavy atom. The molecule has 1 aromatic heterocycles. The van der Waals surface area contributed by atoms with Gasteiger partial charge in [-0.2, -0.15) is 0 Å². The van der Waals surface area contributed by atoms with Gasteiger partial charge in [-0.05, 0) is 19.8 Å². The van der Waals surface area contributed by atoms with Gasteiger partial charge in [0.25, 0.3) is 0 Å². The molecule has 1 saturated heterocycles. The molecule has 6 nitrogen and oxygen atoms in total. The average molecular weight is 279 g/mol. The van der Waals surface area contributed by atoms with Gasteiger partial charge in [0.2, 0.25) is 11.8 Å². The third kappa shape index (κ3) is 1.94. The predicted octanol–water partition coefficient (Wildman–Crippen LogP) is 0.853. The van der Waals surface area contributed by atoms with Gasteiger partial charge in [-0.25, -0.2) is 9.78 Å². The topological polar surface area (TPSA) is 79.4 Å². The number of amides is 4. The first-order valence-corrected chi connectivity index (χ1v) is 6.99. The van der Waals surface area contributed by atoms with Crippen molar-refractivity contribution in [1.29, 1.82) is 0 Å². The van der Waals surface area contributed by atoms with E-state index >= 15 is 0 Å². The van der Waals surface area contributed by atoms with E-state index in [9.17, 15) is 14.4 Å². The molecule has 7 heteroatoms. The molecular weight excluding hydrogens is 266 g/mol. The van der Waals surface area contributed by atoms with Crippen molar-refractivity contribution in [3.63, 3.8) is 0 Å². The van der Waals surface area contributed by atoms with Gasteiger partial charge in [0, 0.05) is 18.3 Å². The summed E-state index contributed by atoms with van der Waals surface area (Å²) in [5, 5.41) is 5.14. The lowest BCUT2D eigenvalue weighted by Gasteiger charge is -2.29. The standard InChI is InChI=1S/C12H13N3O3S/c1-7-13-8(6-19-7)2-5-15-10(17)12(3-4-12)9(16)14-11(15)18/h6H,2-5H2,1H3,(H,14,16,18). The number of imide groups is 2. The number of aromatic nitrogens is 1. The molecular formula is C12H13N3O3S. The number of rotatable bonds is 3. The van der Waals surface area contributed by atoms with Crippen LogP contribution in [0.1, 0.15) is 23.5 Å². The fourth-order valence-corrected chi connectivity index (χ4v) is 2.90. The molecule has 3 rings (SSSR count). The van der Waals surface area contributed by atoms with Crippen LogP contribution in [-0.2, 0) is 16.0 Å². The van der Waals surface area contributed by atoms with E-state index in [2.05, 4.69) is 10.3 Å². The molecule has 2 heterocycles. The normalized spacial score (nSPS) is 20.9. The number of urea groups is 1. The zero-order valence-electron chi connectivity index (χ0n) is 10.4. The number of nitrogens with one attached hydrogen (secondary N) is 1. The summed E-state index contributed by atoms with van der Waals surface area (Å²) in [7, 11) is 0. The van der Waals surface area contributed by atoms with E-state index in [1.54, 1.807) is 0 Å². The van der Waals surface area contributed by atoms with Crippen molar-refractivity contribution in [2.75, 3.05) is 6.54 Å². The maximum absolute atomic E-state index is 12.2. The van der Waals surface area contributed by atoms with E-state index in [4.69, 9.17) is 0 Å². The molecule has 100 valence electrons. The fraction of sp³-hybridized carbons (Fsp3) is 0.500. The molecule has 1 N–H and O–H groups in total. The van der Waals surface area contributed by atoms with Gasteiger partial charge in [-0.1, -0.05) is 0 Å². The van der Waals surface area contributed by atoms with Gasteiger partial charge in [0.15, 0.2) is 0 Å².